The molecule has 0 N–H and O–H groups in total. The molecule has 21 heavy (non-hydrogen) atoms. The van der Waals surface area contributed by atoms with Gasteiger partial charge in [-0.15, -0.1) is 0 Å². The molecule has 0 unspecified atom stereocenters. The molecule has 1 aliphatic rings. The first-order chi connectivity index (χ1) is 10.2. The highest BCUT2D eigenvalue weighted by Crippen LogP contribution is 2.30. The van der Waals surface area contributed by atoms with E-state index in [-0.39, 0.29) is 11.6 Å². The van der Waals surface area contributed by atoms with Crippen LogP contribution in [-0.2, 0) is 6.42 Å². The molecule has 0 fully saturated rings. The van der Waals surface area contributed by atoms with Crippen LogP contribution in [0, 0.1) is 5.82 Å². The van der Waals surface area contributed by atoms with Gasteiger partial charge in [-0.1, -0.05) is 12.1 Å². The largest absolute Gasteiger partial charge is 0.490 e. The fraction of sp³-hybridized carbons (Fsp3) is 0.235. The third-order valence-corrected chi connectivity index (χ3v) is 3.46. The Morgan fingerprint density at radius 2 is 1.71 bits per heavy atom. The van der Waals surface area contributed by atoms with Crippen molar-refractivity contribution in [3.05, 3.63) is 59.4 Å². The van der Waals surface area contributed by atoms with E-state index in [9.17, 15) is 9.18 Å². The maximum Gasteiger partial charge on any atom is 0.163 e. The lowest BCUT2D eigenvalue weighted by Gasteiger charge is -2.11. The minimum Gasteiger partial charge on any atom is -0.490 e. The Bertz CT molecular complexity index is 650. The van der Waals surface area contributed by atoms with E-state index in [1.807, 2.05) is 18.2 Å². The summed E-state index contributed by atoms with van der Waals surface area (Å²) in [7, 11) is 0. The van der Waals surface area contributed by atoms with E-state index < -0.39 is 0 Å². The van der Waals surface area contributed by atoms with Crippen molar-refractivity contribution in [2.24, 2.45) is 0 Å². The van der Waals surface area contributed by atoms with Crippen molar-refractivity contribution in [3.63, 3.8) is 0 Å². The van der Waals surface area contributed by atoms with Crippen LogP contribution in [0.15, 0.2) is 42.5 Å². The number of ketones is 1. The molecule has 0 aliphatic heterocycles. The summed E-state index contributed by atoms with van der Waals surface area (Å²) < 4.78 is 23.9. The van der Waals surface area contributed by atoms with E-state index >= 15 is 0 Å². The third kappa shape index (κ3) is 3.05. The molecule has 1 aliphatic carbocycles. The van der Waals surface area contributed by atoms with Crippen LogP contribution in [0.3, 0.4) is 0 Å². The summed E-state index contributed by atoms with van der Waals surface area (Å²) >= 11 is 0. The first-order valence-corrected chi connectivity index (χ1v) is 6.90. The number of carbonyl (C=O) groups is 1. The van der Waals surface area contributed by atoms with Gasteiger partial charge in [-0.3, -0.25) is 4.79 Å². The minimum atomic E-state index is -0.289. The second-order valence-corrected chi connectivity index (χ2v) is 4.86. The molecule has 2 aromatic rings. The molecule has 0 spiro atoms. The van der Waals surface area contributed by atoms with Gasteiger partial charge in [0.05, 0.1) is 0 Å². The fourth-order valence-electron chi connectivity index (χ4n) is 2.44. The van der Waals surface area contributed by atoms with Crippen LogP contribution >= 0.6 is 0 Å². The average Bonchev–Trinajstić information content (AvgIpc) is 2.88. The van der Waals surface area contributed by atoms with Crippen molar-refractivity contribution in [1.29, 1.82) is 0 Å². The molecule has 0 saturated carbocycles. The number of halogens is 1. The van der Waals surface area contributed by atoms with Crippen molar-refractivity contribution in [2.45, 2.75) is 12.8 Å². The molecule has 2 aromatic carbocycles. The molecule has 0 atom stereocenters. The first-order valence-electron chi connectivity index (χ1n) is 6.90. The van der Waals surface area contributed by atoms with Crippen molar-refractivity contribution in [1.82, 2.24) is 0 Å². The quantitative estimate of drug-likeness (QED) is 0.790. The zero-order valence-corrected chi connectivity index (χ0v) is 11.5. The number of hydrogen-bond acceptors (Lipinski definition) is 3. The fourth-order valence-corrected chi connectivity index (χ4v) is 2.44. The number of benzene rings is 2. The summed E-state index contributed by atoms with van der Waals surface area (Å²) in [6, 6.07) is 11.4. The van der Waals surface area contributed by atoms with Gasteiger partial charge in [0.25, 0.3) is 0 Å². The number of Topliss-reactive ketones (excluding diaryl/α,β-unsaturated/α-hetero) is 1. The lowest BCUT2D eigenvalue weighted by molar-refractivity contribution is 0.0994. The topological polar surface area (TPSA) is 35.5 Å². The van der Waals surface area contributed by atoms with Gasteiger partial charge in [0.1, 0.15) is 30.5 Å². The van der Waals surface area contributed by atoms with Gasteiger partial charge in [0, 0.05) is 17.5 Å². The van der Waals surface area contributed by atoms with Gasteiger partial charge in [0.2, 0.25) is 0 Å². The predicted molar refractivity (Wildman–Crippen MR) is 76.5 cm³/mol. The second kappa shape index (κ2) is 5.95. The Morgan fingerprint density at radius 1 is 0.952 bits per heavy atom. The van der Waals surface area contributed by atoms with Crippen molar-refractivity contribution < 1.29 is 18.7 Å². The molecule has 0 heterocycles. The molecule has 108 valence electrons. The maximum absolute atomic E-state index is 12.7. The van der Waals surface area contributed by atoms with E-state index in [2.05, 4.69) is 0 Å². The Balaban J connectivity index is 1.54. The number of fused-ring (bicyclic) bond motifs is 1. The minimum absolute atomic E-state index is 0.179. The van der Waals surface area contributed by atoms with Gasteiger partial charge in [0.15, 0.2) is 5.78 Å². The SMILES string of the molecule is O=C1CCc2c(OCCOc3ccc(F)cc3)cccc21. The summed E-state index contributed by atoms with van der Waals surface area (Å²) in [4.78, 5) is 11.6. The van der Waals surface area contributed by atoms with Crippen LogP contribution in [-0.4, -0.2) is 19.0 Å². The summed E-state index contributed by atoms with van der Waals surface area (Å²) in [6.45, 7) is 0.741. The van der Waals surface area contributed by atoms with Crippen LogP contribution in [0.2, 0.25) is 0 Å². The molecule has 3 nitrogen and oxygen atoms in total. The second-order valence-electron chi connectivity index (χ2n) is 4.86. The maximum atomic E-state index is 12.7. The van der Waals surface area contributed by atoms with E-state index in [4.69, 9.17) is 9.47 Å². The van der Waals surface area contributed by atoms with E-state index in [0.717, 1.165) is 23.3 Å². The monoisotopic (exact) mass is 286 g/mol. The molecule has 0 bridgehead atoms. The number of rotatable bonds is 5. The smallest absolute Gasteiger partial charge is 0.163 e. The molecular formula is C17H15FO3. The zero-order valence-electron chi connectivity index (χ0n) is 11.5. The number of carbonyl (C=O) groups excluding carboxylic acids is 1. The standard InChI is InChI=1S/C17H15FO3/c18-12-4-6-13(7-5-12)20-10-11-21-17-3-1-2-14-15(17)8-9-16(14)19/h1-7H,8-11H2. The van der Waals surface area contributed by atoms with E-state index in [1.54, 1.807) is 12.1 Å². The van der Waals surface area contributed by atoms with Crippen LogP contribution in [0.4, 0.5) is 4.39 Å². The molecule has 3 rings (SSSR count). The highest BCUT2D eigenvalue weighted by molar-refractivity contribution is 6.01. The molecule has 0 aromatic heterocycles. The first kappa shape index (κ1) is 13.6. The van der Waals surface area contributed by atoms with Crippen molar-refractivity contribution in [2.75, 3.05) is 13.2 Å². The van der Waals surface area contributed by atoms with Crippen molar-refractivity contribution in [3.8, 4) is 11.5 Å². The predicted octanol–water partition coefficient (Wildman–Crippen LogP) is 3.41. The van der Waals surface area contributed by atoms with Crippen molar-refractivity contribution >= 4 is 5.78 Å². The number of ether oxygens (including phenoxy) is 2. The van der Waals surface area contributed by atoms with Crippen LogP contribution in [0.25, 0.3) is 0 Å². The highest BCUT2D eigenvalue weighted by Gasteiger charge is 2.22. The number of hydrogen-bond donors (Lipinski definition) is 0. The Morgan fingerprint density at radius 3 is 2.52 bits per heavy atom. The van der Waals surface area contributed by atoms with E-state index in [1.165, 1.54) is 12.1 Å². The van der Waals surface area contributed by atoms with Gasteiger partial charge < -0.3 is 9.47 Å². The van der Waals surface area contributed by atoms with Gasteiger partial charge in [-0.25, -0.2) is 4.39 Å². The summed E-state index contributed by atoms with van der Waals surface area (Å²) in [5.41, 5.74) is 1.76. The normalized spacial score (nSPS) is 13.1. The van der Waals surface area contributed by atoms with Gasteiger partial charge in [-0.2, -0.15) is 0 Å². The molecule has 4 heteroatoms. The van der Waals surface area contributed by atoms with E-state index in [0.29, 0.717) is 25.4 Å². The lowest BCUT2D eigenvalue weighted by Crippen LogP contribution is -2.10. The summed E-state index contributed by atoms with van der Waals surface area (Å²) in [5, 5.41) is 0. The Kier molecular flexibility index (Phi) is 3.86. The van der Waals surface area contributed by atoms with Gasteiger partial charge in [-0.05, 0) is 36.8 Å². The molecular weight excluding hydrogens is 271 g/mol. The molecule has 0 saturated heterocycles. The van der Waals surface area contributed by atoms with Crippen LogP contribution < -0.4 is 9.47 Å². The Hall–Kier alpha value is -2.36. The highest BCUT2D eigenvalue weighted by atomic mass is 19.1. The van der Waals surface area contributed by atoms with Gasteiger partial charge >= 0.3 is 0 Å². The summed E-state index contributed by atoms with van der Waals surface area (Å²) in [5.74, 6) is 1.25. The third-order valence-electron chi connectivity index (χ3n) is 3.46. The zero-order chi connectivity index (χ0) is 14.7. The average molecular weight is 286 g/mol. The Labute approximate surface area is 122 Å². The lowest BCUT2D eigenvalue weighted by atomic mass is 10.1. The molecule has 0 amide bonds. The summed E-state index contributed by atoms with van der Waals surface area (Å²) in [6.07, 6.45) is 1.30. The van der Waals surface area contributed by atoms with Crippen LogP contribution in [0.1, 0.15) is 22.3 Å². The van der Waals surface area contributed by atoms with Crippen LogP contribution in [0.5, 0.6) is 11.5 Å². The molecule has 0 radical (unpaired) electrons.